The quantitative estimate of drug-likeness (QED) is 0.832. The van der Waals surface area contributed by atoms with Gasteiger partial charge in [0.2, 0.25) is 0 Å². The molecule has 3 rings (SSSR count). The number of hydrogen-bond acceptors (Lipinski definition) is 3. The standard InChI is InChI=1S/C17H20N2O/c1-13-7-9-14(10-8-13)15-12-17(2,19(3)20-15)16-6-4-5-11-18-16/h4-11,15H,12H2,1-3H3. The molecule has 0 N–H and O–H groups in total. The zero-order chi connectivity index (χ0) is 14.2. The molecule has 2 unspecified atom stereocenters. The van der Waals surface area contributed by atoms with E-state index in [2.05, 4.69) is 49.2 Å². The maximum absolute atomic E-state index is 6.05. The highest BCUT2D eigenvalue weighted by Crippen LogP contribution is 2.44. The molecule has 3 heteroatoms. The van der Waals surface area contributed by atoms with Crippen molar-refractivity contribution in [2.24, 2.45) is 0 Å². The lowest BCUT2D eigenvalue weighted by molar-refractivity contribution is -0.169. The van der Waals surface area contributed by atoms with Crippen LogP contribution in [0.15, 0.2) is 48.7 Å². The summed E-state index contributed by atoms with van der Waals surface area (Å²) in [4.78, 5) is 10.6. The third-order valence-corrected chi connectivity index (χ3v) is 4.23. The van der Waals surface area contributed by atoms with Crippen LogP contribution in [0.25, 0.3) is 0 Å². The Balaban J connectivity index is 1.88. The van der Waals surface area contributed by atoms with Gasteiger partial charge in [-0.2, -0.15) is 5.06 Å². The fourth-order valence-electron chi connectivity index (χ4n) is 2.74. The first kappa shape index (κ1) is 13.3. The lowest BCUT2D eigenvalue weighted by Gasteiger charge is -2.28. The number of aryl methyl sites for hydroxylation is 1. The Labute approximate surface area is 120 Å². The van der Waals surface area contributed by atoms with Crippen LogP contribution in [0.3, 0.4) is 0 Å². The summed E-state index contributed by atoms with van der Waals surface area (Å²) in [6.07, 6.45) is 2.84. The first-order valence-corrected chi connectivity index (χ1v) is 6.98. The first-order chi connectivity index (χ1) is 9.59. The smallest absolute Gasteiger partial charge is 0.107 e. The highest BCUT2D eigenvalue weighted by Gasteiger charge is 2.44. The summed E-state index contributed by atoms with van der Waals surface area (Å²) < 4.78 is 0. The third-order valence-electron chi connectivity index (χ3n) is 4.23. The molecule has 0 saturated carbocycles. The van der Waals surface area contributed by atoms with Crippen LogP contribution in [0.4, 0.5) is 0 Å². The Kier molecular flexibility index (Phi) is 3.32. The molecule has 0 aliphatic carbocycles. The van der Waals surface area contributed by atoms with Crippen LogP contribution < -0.4 is 0 Å². The van der Waals surface area contributed by atoms with Crippen LogP contribution in [0, 0.1) is 6.92 Å². The molecule has 0 spiro atoms. The van der Waals surface area contributed by atoms with Crippen LogP contribution in [0.2, 0.25) is 0 Å². The van der Waals surface area contributed by atoms with Crippen LogP contribution in [0.5, 0.6) is 0 Å². The van der Waals surface area contributed by atoms with E-state index < -0.39 is 0 Å². The van der Waals surface area contributed by atoms with Gasteiger partial charge in [-0.25, -0.2) is 0 Å². The van der Waals surface area contributed by atoms with E-state index in [9.17, 15) is 0 Å². The molecule has 2 aromatic rings. The minimum atomic E-state index is -0.184. The predicted molar refractivity (Wildman–Crippen MR) is 79.0 cm³/mol. The topological polar surface area (TPSA) is 25.4 Å². The number of benzene rings is 1. The molecular formula is C17H20N2O. The number of pyridine rings is 1. The molecule has 2 heterocycles. The van der Waals surface area contributed by atoms with Crippen LogP contribution in [0.1, 0.15) is 36.3 Å². The Morgan fingerprint density at radius 2 is 1.95 bits per heavy atom. The van der Waals surface area contributed by atoms with Crippen LogP contribution >= 0.6 is 0 Å². The zero-order valence-corrected chi connectivity index (χ0v) is 12.2. The van der Waals surface area contributed by atoms with E-state index in [-0.39, 0.29) is 11.6 Å². The Bertz CT molecular complexity index is 582. The predicted octanol–water partition coefficient (Wildman–Crippen LogP) is 3.61. The van der Waals surface area contributed by atoms with E-state index in [1.54, 1.807) is 0 Å². The Morgan fingerprint density at radius 3 is 2.60 bits per heavy atom. The average molecular weight is 268 g/mol. The molecule has 3 nitrogen and oxygen atoms in total. The van der Waals surface area contributed by atoms with Gasteiger partial charge in [-0.15, -0.1) is 0 Å². The van der Waals surface area contributed by atoms with E-state index >= 15 is 0 Å². The number of aromatic nitrogens is 1. The second kappa shape index (κ2) is 5.00. The van der Waals surface area contributed by atoms with Gasteiger partial charge < -0.3 is 0 Å². The summed E-state index contributed by atoms with van der Waals surface area (Å²) in [7, 11) is 1.99. The molecule has 1 fully saturated rings. The Morgan fingerprint density at radius 1 is 1.20 bits per heavy atom. The van der Waals surface area contributed by atoms with Gasteiger partial charge in [0.1, 0.15) is 6.10 Å². The van der Waals surface area contributed by atoms with Gasteiger partial charge in [-0.1, -0.05) is 35.9 Å². The number of rotatable bonds is 2. The SMILES string of the molecule is Cc1ccc(C2CC(C)(c3ccccn3)N(C)O2)cc1. The minimum Gasteiger partial charge on any atom is -0.290 e. The average Bonchev–Trinajstić information content (AvgIpc) is 2.78. The first-order valence-electron chi connectivity index (χ1n) is 6.98. The summed E-state index contributed by atoms with van der Waals surface area (Å²) in [6.45, 7) is 4.28. The molecule has 0 amide bonds. The van der Waals surface area contributed by atoms with Gasteiger partial charge >= 0.3 is 0 Å². The molecule has 104 valence electrons. The van der Waals surface area contributed by atoms with Crippen molar-refractivity contribution in [3.8, 4) is 0 Å². The van der Waals surface area contributed by atoms with E-state index in [0.717, 1.165) is 12.1 Å². The number of hydroxylamine groups is 2. The van der Waals surface area contributed by atoms with Gasteiger partial charge in [-0.05, 0) is 31.5 Å². The van der Waals surface area contributed by atoms with E-state index in [1.165, 1.54) is 11.1 Å². The van der Waals surface area contributed by atoms with E-state index in [4.69, 9.17) is 4.84 Å². The van der Waals surface area contributed by atoms with Gasteiger partial charge in [-0.3, -0.25) is 9.82 Å². The maximum atomic E-state index is 6.05. The monoisotopic (exact) mass is 268 g/mol. The zero-order valence-electron chi connectivity index (χ0n) is 12.2. The van der Waals surface area contributed by atoms with Crippen LogP contribution in [-0.4, -0.2) is 17.1 Å². The molecule has 1 saturated heterocycles. The lowest BCUT2D eigenvalue weighted by atomic mass is 9.89. The van der Waals surface area contributed by atoms with Crippen molar-refractivity contribution in [2.75, 3.05) is 7.05 Å². The van der Waals surface area contributed by atoms with Crippen molar-refractivity contribution in [1.29, 1.82) is 0 Å². The molecular weight excluding hydrogens is 248 g/mol. The van der Waals surface area contributed by atoms with Gasteiger partial charge in [0, 0.05) is 19.7 Å². The van der Waals surface area contributed by atoms with Crippen molar-refractivity contribution < 1.29 is 4.84 Å². The molecule has 0 radical (unpaired) electrons. The van der Waals surface area contributed by atoms with Gasteiger partial charge in [0.25, 0.3) is 0 Å². The summed E-state index contributed by atoms with van der Waals surface area (Å²) in [5.41, 5.74) is 3.36. The molecule has 0 bridgehead atoms. The normalized spacial score (nSPS) is 26.9. The minimum absolute atomic E-state index is 0.0904. The van der Waals surface area contributed by atoms with E-state index in [0.29, 0.717) is 0 Å². The molecule has 1 aliphatic rings. The highest BCUT2D eigenvalue weighted by atomic mass is 16.7. The summed E-state index contributed by atoms with van der Waals surface area (Å²) in [5.74, 6) is 0. The molecule has 20 heavy (non-hydrogen) atoms. The molecule has 1 aromatic carbocycles. The lowest BCUT2D eigenvalue weighted by Crippen LogP contribution is -2.35. The Hall–Kier alpha value is -1.71. The second-order valence-electron chi connectivity index (χ2n) is 5.70. The molecule has 2 atom stereocenters. The highest BCUT2D eigenvalue weighted by molar-refractivity contribution is 5.26. The largest absolute Gasteiger partial charge is 0.290 e. The van der Waals surface area contributed by atoms with Crippen LogP contribution in [-0.2, 0) is 10.4 Å². The maximum Gasteiger partial charge on any atom is 0.107 e. The van der Waals surface area contributed by atoms with Crippen molar-refractivity contribution in [1.82, 2.24) is 10.0 Å². The fourth-order valence-corrected chi connectivity index (χ4v) is 2.74. The van der Waals surface area contributed by atoms with Gasteiger partial charge in [0.05, 0.1) is 11.2 Å². The summed E-state index contributed by atoms with van der Waals surface area (Å²) in [6, 6.07) is 14.6. The van der Waals surface area contributed by atoms with Crippen molar-refractivity contribution in [3.63, 3.8) is 0 Å². The van der Waals surface area contributed by atoms with Gasteiger partial charge in [0.15, 0.2) is 0 Å². The molecule has 1 aromatic heterocycles. The van der Waals surface area contributed by atoms with Crippen molar-refractivity contribution in [3.05, 3.63) is 65.5 Å². The second-order valence-corrected chi connectivity index (χ2v) is 5.70. The van der Waals surface area contributed by atoms with Crippen molar-refractivity contribution >= 4 is 0 Å². The van der Waals surface area contributed by atoms with Crippen molar-refractivity contribution in [2.45, 2.75) is 31.9 Å². The summed E-state index contributed by atoms with van der Waals surface area (Å²) >= 11 is 0. The number of hydrogen-bond donors (Lipinski definition) is 0. The third kappa shape index (κ3) is 2.23. The fraction of sp³-hybridized carbons (Fsp3) is 0.353. The number of nitrogens with zero attached hydrogens (tertiary/aromatic N) is 2. The molecule has 1 aliphatic heterocycles. The van der Waals surface area contributed by atoms with E-state index in [1.807, 2.05) is 30.4 Å². The summed E-state index contributed by atoms with van der Waals surface area (Å²) in [5, 5.41) is 1.94.